The molecule has 0 spiro atoms. The summed E-state index contributed by atoms with van der Waals surface area (Å²) in [6.07, 6.45) is -1.00. The highest BCUT2D eigenvalue weighted by Gasteiger charge is 2.31. The van der Waals surface area contributed by atoms with Gasteiger partial charge in [-0.2, -0.15) is 0 Å². The highest BCUT2D eigenvalue weighted by Crippen LogP contribution is 2.29. The predicted molar refractivity (Wildman–Crippen MR) is 106 cm³/mol. The third-order valence-electron chi connectivity index (χ3n) is 5.30. The van der Waals surface area contributed by atoms with Gasteiger partial charge in [-0.3, -0.25) is 0 Å². The zero-order valence-electron chi connectivity index (χ0n) is 16.8. The fourth-order valence-corrected chi connectivity index (χ4v) is 3.61. The number of benzene rings is 1. The van der Waals surface area contributed by atoms with Crippen molar-refractivity contribution in [2.24, 2.45) is 5.92 Å². The molecular weight excluding hydrogens is 397 g/mol. The molecule has 0 atom stereocenters. The zero-order valence-corrected chi connectivity index (χ0v) is 16.8. The van der Waals surface area contributed by atoms with Crippen molar-refractivity contribution in [3.63, 3.8) is 0 Å². The number of alkyl halides is 3. The summed E-state index contributed by atoms with van der Waals surface area (Å²) >= 11 is 0. The van der Waals surface area contributed by atoms with Crippen LogP contribution in [0.25, 0.3) is 16.9 Å². The first-order chi connectivity index (χ1) is 14.3. The van der Waals surface area contributed by atoms with Gasteiger partial charge in [0, 0.05) is 11.1 Å². The molecule has 0 saturated carbocycles. The number of imidazole rings is 1. The molecule has 4 rings (SSSR count). The Bertz CT molecular complexity index is 1030. The van der Waals surface area contributed by atoms with Crippen molar-refractivity contribution in [3.8, 4) is 22.9 Å². The van der Waals surface area contributed by atoms with Gasteiger partial charge in [0.2, 0.25) is 5.88 Å². The van der Waals surface area contributed by atoms with E-state index in [4.69, 9.17) is 4.74 Å². The van der Waals surface area contributed by atoms with Crippen LogP contribution in [0.5, 0.6) is 11.6 Å². The molecule has 9 heteroatoms. The van der Waals surface area contributed by atoms with Gasteiger partial charge in [0.05, 0.1) is 18.5 Å². The molecule has 3 heterocycles. The maximum atomic E-state index is 12.6. The number of aromatic nitrogens is 3. The van der Waals surface area contributed by atoms with Crippen LogP contribution in [0, 0.1) is 12.8 Å². The van der Waals surface area contributed by atoms with Crippen molar-refractivity contribution in [2.75, 3.05) is 26.7 Å². The molecule has 2 aromatic heterocycles. The van der Waals surface area contributed by atoms with Crippen LogP contribution in [-0.4, -0.2) is 52.6 Å². The molecule has 1 aliphatic heterocycles. The Balaban J connectivity index is 1.58. The van der Waals surface area contributed by atoms with Crippen LogP contribution in [0.15, 0.2) is 36.5 Å². The van der Waals surface area contributed by atoms with Crippen LogP contribution in [0.3, 0.4) is 0 Å². The number of hydrogen-bond donors (Lipinski definition) is 0. The van der Waals surface area contributed by atoms with E-state index in [1.54, 1.807) is 16.8 Å². The lowest BCUT2D eigenvalue weighted by Gasteiger charge is -2.28. The van der Waals surface area contributed by atoms with Gasteiger partial charge in [0.15, 0.2) is 5.65 Å². The minimum Gasteiger partial charge on any atom is -0.476 e. The van der Waals surface area contributed by atoms with E-state index in [9.17, 15) is 13.2 Å². The summed E-state index contributed by atoms with van der Waals surface area (Å²) in [5.74, 6) is 0.695. The molecule has 0 bridgehead atoms. The standard InChI is InChI=1S/C21H23F3N4O2/c1-14-10-19-25-12-18(16-4-3-5-17(11-16)30-21(22,23)24)28(19)26-20(14)29-13-15-6-8-27(2)9-7-15/h3-5,10-12,15H,6-9,13H2,1-2H3. The topological polar surface area (TPSA) is 51.9 Å². The van der Waals surface area contributed by atoms with Crippen molar-refractivity contribution < 1.29 is 22.6 Å². The highest BCUT2D eigenvalue weighted by atomic mass is 19.4. The normalized spacial score (nSPS) is 16.2. The molecule has 1 aromatic carbocycles. The van der Waals surface area contributed by atoms with Gasteiger partial charge < -0.3 is 14.4 Å². The number of hydrogen-bond acceptors (Lipinski definition) is 5. The number of nitrogens with zero attached hydrogens (tertiary/aromatic N) is 4. The van der Waals surface area contributed by atoms with Gasteiger partial charge >= 0.3 is 6.36 Å². The van der Waals surface area contributed by atoms with Crippen LogP contribution < -0.4 is 9.47 Å². The van der Waals surface area contributed by atoms with Gasteiger partial charge in [-0.25, -0.2) is 9.50 Å². The molecule has 1 saturated heterocycles. The SMILES string of the molecule is Cc1cc2ncc(-c3cccc(OC(F)(F)F)c3)n2nc1OCC1CCN(C)CC1. The van der Waals surface area contributed by atoms with Crippen LogP contribution in [0.4, 0.5) is 13.2 Å². The van der Waals surface area contributed by atoms with Crippen LogP contribution >= 0.6 is 0 Å². The van der Waals surface area contributed by atoms with Crippen LogP contribution in [0.1, 0.15) is 18.4 Å². The van der Waals surface area contributed by atoms with Gasteiger partial charge in [-0.1, -0.05) is 12.1 Å². The Hall–Kier alpha value is -2.81. The molecule has 6 nitrogen and oxygen atoms in total. The first-order valence-electron chi connectivity index (χ1n) is 9.81. The van der Waals surface area contributed by atoms with E-state index in [1.807, 2.05) is 13.0 Å². The monoisotopic (exact) mass is 420 g/mol. The largest absolute Gasteiger partial charge is 0.573 e. The van der Waals surface area contributed by atoms with E-state index in [-0.39, 0.29) is 5.75 Å². The molecule has 0 aliphatic carbocycles. The summed E-state index contributed by atoms with van der Waals surface area (Å²) in [5, 5.41) is 4.57. The lowest BCUT2D eigenvalue weighted by atomic mass is 9.98. The Morgan fingerprint density at radius 2 is 1.93 bits per heavy atom. The second-order valence-electron chi connectivity index (χ2n) is 7.68. The third-order valence-corrected chi connectivity index (χ3v) is 5.30. The van der Waals surface area contributed by atoms with Gasteiger partial charge in [-0.15, -0.1) is 18.3 Å². The van der Waals surface area contributed by atoms with Crippen molar-refractivity contribution >= 4 is 5.65 Å². The van der Waals surface area contributed by atoms with E-state index in [0.717, 1.165) is 31.5 Å². The van der Waals surface area contributed by atoms with E-state index in [2.05, 4.69) is 26.8 Å². The Morgan fingerprint density at radius 3 is 2.67 bits per heavy atom. The van der Waals surface area contributed by atoms with E-state index < -0.39 is 6.36 Å². The molecular formula is C21H23F3N4O2. The summed E-state index contributed by atoms with van der Waals surface area (Å²) in [7, 11) is 2.12. The lowest BCUT2D eigenvalue weighted by Crippen LogP contribution is -2.32. The smallest absolute Gasteiger partial charge is 0.476 e. The minimum absolute atomic E-state index is 0.291. The van der Waals surface area contributed by atoms with Gasteiger partial charge in [-0.05, 0) is 64.0 Å². The Morgan fingerprint density at radius 1 is 1.17 bits per heavy atom. The van der Waals surface area contributed by atoms with E-state index in [0.29, 0.717) is 35.3 Å². The zero-order chi connectivity index (χ0) is 21.3. The lowest BCUT2D eigenvalue weighted by molar-refractivity contribution is -0.274. The third kappa shape index (κ3) is 4.67. The number of fused-ring (bicyclic) bond motifs is 1. The van der Waals surface area contributed by atoms with Crippen LogP contribution in [0.2, 0.25) is 0 Å². The highest BCUT2D eigenvalue weighted by molar-refractivity contribution is 5.65. The van der Waals surface area contributed by atoms with Crippen molar-refractivity contribution in [2.45, 2.75) is 26.1 Å². The number of rotatable bonds is 5. The fraction of sp³-hybridized carbons (Fsp3) is 0.429. The summed E-state index contributed by atoms with van der Waals surface area (Å²) in [6, 6.07) is 7.62. The summed E-state index contributed by atoms with van der Waals surface area (Å²) in [6.45, 7) is 4.61. The van der Waals surface area contributed by atoms with Crippen LogP contribution in [-0.2, 0) is 0 Å². The van der Waals surface area contributed by atoms with E-state index in [1.165, 1.54) is 18.2 Å². The second-order valence-corrected chi connectivity index (χ2v) is 7.68. The van der Waals surface area contributed by atoms with E-state index >= 15 is 0 Å². The van der Waals surface area contributed by atoms with Gasteiger partial charge in [0.25, 0.3) is 0 Å². The Labute approximate surface area is 172 Å². The quantitative estimate of drug-likeness (QED) is 0.615. The molecule has 0 radical (unpaired) electrons. The summed E-state index contributed by atoms with van der Waals surface area (Å²) in [4.78, 5) is 6.64. The first-order valence-corrected chi connectivity index (χ1v) is 9.81. The molecule has 3 aromatic rings. The molecule has 1 fully saturated rings. The molecule has 1 aliphatic rings. The molecule has 30 heavy (non-hydrogen) atoms. The number of likely N-dealkylation sites (tertiary alicyclic amines) is 1. The fourth-order valence-electron chi connectivity index (χ4n) is 3.61. The molecule has 0 N–H and O–H groups in total. The van der Waals surface area contributed by atoms with Gasteiger partial charge in [0.1, 0.15) is 5.75 Å². The minimum atomic E-state index is -4.75. The predicted octanol–water partition coefficient (Wildman–Crippen LogP) is 4.32. The number of ether oxygens (including phenoxy) is 2. The second kappa shape index (κ2) is 8.14. The Kier molecular flexibility index (Phi) is 5.55. The maximum absolute atomic E-state index is 12.6. The van der Waals surface area contributed by atoms with Crippen molar-refractivity contribution in [1.29, 1.82) is 0 Å². The molecule has 0 unspecified atom stereocenters. The number of halogens is 3. The summed E-state index contributed by atoms with van der Waals surface area (Å²) < 4.78 is 49.3. The molecule has 0 amide bonds. The number of piperidine rings is 1. The summed E-state index contributed by atoms with van der Waals surface area (Å²) in [5.41, 5.74) is 2.53. The average Bonchev–Trinajstić information content (AvgIpc) is 3.09. The van der Waals surface area contributed by atoms with Crippen molar-refractivity contribution in [3.05, 3.63) is 42.1 Å². The number of aryl methyl sites for hydroxylation is 1. The first kappa shape index (κ1) is 20.5. The average molecular weight is 420 g/mol. The molecule has 160 valence electrons. The van der Waals surface area contributed by atoms with Crippen molar-refractivity contribution in [1.82, 2.24) is 19.5 Å². The maximum Gasteiger partial charge on any atom is 0.573 e.